The largest absolute Gasteiger partial charge is 0.342 e. The van der Waals surface area contributed by atoms with Crippen LogP contribution in [0, 0.1) is 15.4 Å². The molecule has 1 aliphatic heterocycles. The molecule has 180 valence electrons. The van der Waals surface area contributed by atoms with Crippen LogP contribution < -0.4 is 5.32 Å². The monoisotopic (exact) mass is 578 g/mol. The van der Waals surface area contributed by atoms with Gasteiger partial charge in [0.15, 0.2) is 0 Å². The highest BCUT2D eigenvalue weighted by atomic mass is 127. The van der Waals surface area contributed by atoms with Crippen LogP contribution in [0.3, 0.4) is 0 Å². The lowest BCUT2D eigenvalue weighted by Crippen LogP contribution is -2.42. The number of allylic oxidation sites excluding steroid dienone is 6. The predicted octanol–water partition coefficient (Wildman–Crippen LogP) is 6.62. The van der Waals surface area contributed by atoms with Crippen LogP contribution in [0.2, 0.25) is 0 Å². The van der Waals surface area contributed by atoms with E-state index in [1.54, 1.807) is 0 Å². The van der Waals surface area contributed by atoms with Crippen LogP contribution in [0.5, 0.6) is 0 Å². The van der Waals surface area contributed by atoms with Crippen LogP contribution in [0.1, 0.15) is 62.4 Å². The fraction of sp³-hybridized carbons (Fsp3) is 0.414. The van der Waals surface area contributed by atoms with Gasteiger partial charge >= 0.3 is 0 Å². The van der Waals surface area contributed by atoms with Gasteiger partial charge in [-0.05, 0) is 72.9 Å². The molecule has 35 heavy (non-hydrogen) atoms. The van der Waals surface area contributed by atoms with Crippen molar-refractivity contribution < 1.29 is 4.79 Å². The highest BCUT2D eigenvalue weighted by Crippen LogP contribution is 2.41. The van der Waals surface area contributed by atoms with E-state index in [0.717, 1.165) is 67.4 Å². The molecular weight excluding hydrogens is 547 g/mol. The number of halogens is 1. The number of hydrogen-bond acceptors (Lipinski definition) is 4. The van der Waals surface area contributed by atoms with Crippen molar-refractivity contribution >= 4 is 45.6 Å². The zero-order valence-corrected chi connectivity index (χ0v) is 22.1. The minimum absolute atomic E-state index is 0.160. The van der Waals surface area contributed by atoms with Gasteiger partial charge in [0.25, 0.3) is 0 Å². The number of aromatic nitrogens is 2. The standard InChI is InChI=1S/C29H31IN4O/c30-24-8-3-9-25(16-24)31-27-17-26(19-10-12-21-15-22(21)13-11-19)32-28(33-27)23-7-4-14-34(18-23)29(35)20-5-1-2-6-20/h3,8-13,16-17,20-21,23H,1-2,4-7,14-15,18H2,(H,31,32,33). The van der Waals surface area contributed by atoms with Gasteiger partial charge in [0.05, 0.1) is 5.69 Å². The first-order valence-electron chi connectivity index (χ1n) is 12.9. The molecular formula is C29H31IN4O. The summed E-state index contributed by atoms with van der Waals surface area (Å²) in [6.07, 6.45) is 16.6. The molecule has 1 saturated heterocycles. The van der Waals surface area contributed by atoms with Crippen LogP contribution >= 0.6 is 22.6 Å². The number of nitrogens with one attached hydrogen (secondary N) is 1. The first-order valence-corrected chi connectivity index (χ1v) is 14.0. The SMILES string of the molecule is O=C(C1CCCC1)N1CCCC(c2nc(Nc3cccc(I)c3)cc(C3=CC=C4CC4C=C3)n2)C1. The fourth-order valence-electron chi connectivity index (χ4n) is 5.61. The summed E-state index contributed by atoms with van der Waals surface area (Å²) in [7, 11) is 0. The molecule has 3 aliphatic carbocycles. The smallest absolute Gasteiger partial charge is 0.225 e. The Labute approximate surface area is 221 Å². The number of likely N-dealkylation sites (tertiary alicyclic amines) is 1. The summed E-state index contributed by atoms with van der Waals surface area (Å²) in [6.45, 7) is 1.59. The first-order chi connectivity index (χ1) is 17.1. The Bertz CT molecular complexity index is 1230. The summed E-state index contributed by atoms with van der Waals surface area (Å²) in [4.78, 5) is 25.3. The Morgan fingerprint density at radius 3 is 2.80 bits per heavy atom. The summed E-state index contributed by atoms with van der Waals surface area (Å²) in [6, 6.07) is 10.4. The average Bonchev–Trinajstić information content (AvgIpc) is 3.45. The van der Waals surface area contributed by atoms with Gasteiger partial charge in [0.1, 0.15) is 11.6 Å². The van der Waals surface area contributed by atoms with Gasteiger partial charge in [0, 0.05) is 51.7 Å². The third-order valence-electron chi connectivity index (χ3n) is 7.70. The van der Waals surface area contributed by atoms with Crippen molar-refractivity contribution in [1.29, 1.82) is 0 Å². The third-order valence-corrected chi connectivity index (χ3v) is 8.37. The number of piperidine rings is 1. The van der Waals surface area contributed by atoms with E-state index in [1.807, 2.05) is 0 Å². The second-order valence-corrected chi connectivity index (χ2v) is 11.5. The minimum Gasteiger partial charge on any atom is -0.342 e. The van der Waals surface area contributed by atoms with E-state index >= 15 is 0 Å². The lowest BCUT2D eigenvalue weighted by atomic mass is 9.95. The Hall–Kier alpha value is -2.48. The Morgan fingerprint density at radius 2 is 1.94 bits per heavy atom. The summed E-state index contributed by atoms with van der Waals surface area (Å²) in [5.74, 6) is 2.98. The number of fused-ring (bicyclic) bond motifs is 1. The highest BCUT2D eigenvalue weighted by molar-refractivity contribution is 14.1. The maximum absolute atomic E-state index is 13.2. The van der Waals surface area contributed by atoms with E-state index in [1.165, 1.54) is 28.4 Å². The van der Waals surface area contributed by atoms with E-state index in [2.05, 4.69) is 87.4 Å². The lowest BCUT2D eigenvalue weighted by molar-refractivity contribution is -0.136. The van der Waals surface area contributed by atoms with E-state index in [0.29, 0.717) is 11.8 Å². The van der Waals surface area contributed by atoms with Crippen molar-refractivity contribution in [3.63, 3.8) is 0 Å². The molecule has 6 heteroatoms. The average molecular weight is 578 g/mol. The molecule has 0 spiro atoms. The van der Waals surface area contributed by atoms with E-state index < -0.39 is 0 Å². The predicted molar refractivity (Wildman–Crippen MR) is 148 cm³/mol. The molecule has 2 heterocycles. The lowest BCUT2D eigenvalue weighted by Gasteiger charge is -2.34. The van der Waals surface area contributed by atoms with Gasteiger partial charge in [-0.25, -0.2) is 9.97 Å². The van der Waals surface area contributed by atoms with Gasteiger partial charge < -0.3 is 10.2 Å². The van der Waals surface area contributed by atoms with Gasteiger partial charge in [-0.15, -0.1) is 0 Å². The maximum Gasteiger partial charge on any atom is 0.225 e. The van der Waals surface area contributed by atoms with Crippen LogP contribution in [0.25, 0.3) is 5.57 Å². The van der Waals surface area contributed by atoms with Crippen molar-refractivity contribution in [2.24, 2.45) is 11.8 Å². The molecule has 3 fully saturated rings. The van der Waals surface area contributed by atoms with Gasteiger partial charge in [-0.2, -0.15) is 0 Å². The molecule has 2 aromatic rings. The number of benzene rings is 1. The molecule has 6 rings (SSSR count). The molecule has 1 aromatic heterocycles. The molecule has 1 amide bonds. The minimum atomic E-state index is 0.160. The van der Waals surface area contributed by atoms with E-state index in [-0.39, 0.29) is 11.8 Å². The summed E-state index contributed by atoms with van der Waals surface area (Å²) in [5.41, 5.74) is 4.57. The molecule has 2 atom stereocenters. The number of hydrogen-bond donors (Lipinski definition) is 1. The number of amides is 1. The van der Waals surface area contributed by atoms with E-state index in [9.17, 15) is 4.79 Å². The number of rotatable bonds is 5. The van der Waals surface area contributed by atoms with Crippen molar-refractivity contribution in [1.82, 2.24) is 14.9 Å². The highest BCUT2D eigenvalue weighted by Gasteiger charge is 2.32. The van der Waals surface area contributed by atoms with Gasteiger partial charge in [-0.3, -0.25) is 4.79 Å². The van der Waals surface area contributed by atoms with Crippen LogP contribution in [-0.4, -0.2) is 33.9 Å². The summed E-state index contributed by atoms with van der Waals surface area (Å²) < 4.78 is 1.18. The Morgan fingerprint density at radius 1 is 1.06 bits per heavy atom. The zero-order valence-electron chi connectivity index (χ0n) is 19.9. The van der Waals surface area contributed by atoms with Crippen LogP contribution in [0.15, 0.2) is 60.2 Å². The summed E-state index contributed by atoms with van der Waals surface area (Å²) in [5, 5.41) is 3.51. The normalized spacial score (nSPS) is 23.9. The molecule has 0 bridgehead atoms. The Kier molecular flexibility index (Phi) is 6.48. The topological polar surface area (TPSA) is 58.1 Å². The maximum atomic E-state index is 13.2. The second kappa shape index (κ2) is 9.88. The molecule has 1 aromatic carbocycles. The molecule has 2 saturated carbocycles. The van der Waals surface area contributed by atoms with E-state index in [4.69, 9.17) is 9.97 Å². The third kappa shape index (κ3) is 5.22. The fourth-order valence-corrected chi connectivity index (χ4v) is 6.16. The van der Waals surface area contributed by atoms with Crippen molar-refractivity contribution in [3.8, 4) is 0 Å². The molecule has 5 nitrogen and oxygen atoms in total. The number of nitrogens with zero attached hydrogens (tertiary/aromatic N) is 3. The number of carbonyl (C=O) groups is 1. The quantitative estimate of drug-likeness (QED) is 0.406. The molecule has 2 unspecified atom stereocenters. The first kappa shape index (κ1) is 23.0. The molecule has 0 radical (unpaired) electrons. The van der Waals surface area contributed by atoms with Gasteiger partial charge in [0.2, 0.25) is 5.91 Å². The van der Waals surface area contributed by atoms with Gasteiger partial charge in [-0.1, -0.05) is 48.8 Å². The van der Waals surface area contributed by atoms with Crippen LogP contribution in [-0.2, 0) is 4.79 Å². The molecule has 1 N–H and O–H groups in total. The van der Waals surface area contributed by atoms with Crippen molar-refractivity contribution in [2.45, 2.75) is 50.9 Å². The Balaban J connectivity index is 1.31. The zero-order chi connectivity index (χ0) is 23.8. The molecule has 4 aliphatic rings. The number of carbonyl (C=O) groups excluding carboxylic acids is 1. The van der Waals surface area contributed by atoms with Crippen molar-refractivity contribution in [2.75, 3.05) is 18.4 Å². The summed E-state index contributed by atoms with van der Waals surface area (Å²) >= 11 is 2.33. The van der Waals surface area contributed by atoms with Crippen molar-refractivity contribution in [3.05, 3.63) is 75.3 Å². The van der Waals surface area contributed by atoms with Crippen LogP contribution in [0.4, 0.5) is 11.5 Å². The number of anilines is 2. The second-order valence-electron chi connectivity index (χ2n) is 10.3.